The van der Waals surface area contributed by atoms with Crippen LogP contribution >= 0.6 is 0 Å². The van der Waals surface area contributed by atoms with E-state index in [4.69, 9.17) is 9.26 Å². The van der Waals surface area contributed by atoms with Gasteiger partial charge >= 0.3 is 0 Å². The summed E-state index contributed by atoms with van der Waals surface area (Å²) < 4.78 is 36.4. The minimum atomic E-state index is -3.81. The second-order valence-corrected chi connectivity index (χ2v) is 8.58. The molecule has 0 atom stereocenters. The van der Waals surface area contributed by atoms with Crippen LogP contribution in [0.15, 0.2) is 57.9 Å². The number of aromatic nitrogens is 2. The van der Waals surface area contributed by atoms with Crippen LogP contribution in [-0.4, -0.2) is 49.5 Å². The van der Waals surface area contributed by atoms with Crippen LogP contribution in [0.2, 0.25) is 0 Å². The van der Waals surface area contributed by atoms with Crippen molar-refractivity contribution in [2.45, 2.75) is 18.4 Å². The second kappa shape index (κ2) is 9.06. The number of sulfonamides is 1. The summed E-state index contributed by atoms with van der Waals surface area (Å²) in [6.07, 6.45) is 0. The normalized spacial score (nSPS) is 11.5. The van der Waals surface area contributed by atoms with Crippen molar-refractivity contribution in [2.75, 3.05) is 20.7 Å². The summed E-state index contributed by atoms with van der Waals surface area (Å²) in [6, 6.07) is 13.5. The van der Waals surface area contributed by atoms with Gasteiger partial charge < -0.3 is 14.6 Å². The maximum Gasteiger partial charge on any atom is 0.246 e. The predicted molar refractivity (Wildman–Crippen MR) is 109 cm³/mol. The van der Waals surface area contributed by atoms with Gasteiger partial charge in [0, 0.05) is 12.6 Å². The standard InChI is InChI=1S/C20H22N4O5S/c1-14-6-4-5-7-17(14)20-22-19(29-23-20)12-21-18(25)13-24(2)30(26,27)16-10-8-15(28-3)9-11-16/h4-11H,12-13H2,1-3H3,(H,21,25). The zero-order valence-corrected chi connectivity index (χ0v) is 17.6. The highest BCUT2D eigenvalue weighted by molar-refractivity contribution is 7.89. The molecule has 0 spiro atoms. The minimum absolute atomic E-state index is 0.00582. The molecule has 0 saturated heterocycles. The van der Waals surface area contributed by atoms with Crippen molar-refractivity contribution in [3.05, 3.63) is 60.0 Å². The highest BCUT2D eigenvalue weighted by atomic mass is 32.2. The Bertz CT molecular complexity index is 1130. The zero-order chi connectivity index (χ0) is 21.7. The number of carbonyl (C=O) groups excluding carboxylic acids is 1. The Balaban J connectivity index is 1.58. The number of carbonyl (C=O) groups is 1. The average Bonchev–Trinajstić information content (AvgIpc) is 3.21. The average molecular weight is 430 g/mol. The van der Waals surface area contributed by atoms with Gasteiger partial charge in [-0.3, -0.25) is 4.79 Å². The Morgan fingerprint density at radius 1 is 1.17 bits per heavy atom. The Morgan fingerprint density at radius 3 is 2.53 bits per heavy atom. The van der Waals surface area contributed by atoms with E-state index in [2.05, 4.69) is 15.5 Å². The van der Waals surface area contributed by atoms with Crippen molar-refractivity contribution in [2.24, 2.45) is 0 Å². The van der Waals surface area contributed by atoms with E-state index in [1.54, 1.807) is 12.1 Å². The second-order valence-electron chi connectivity index (χ2n) is 6.54. The van der Waals surface area contributed by atoms with Crippen molar-refractivity contribution in [3.8, 4) is 17.1 Å². The molecule has 10 heteroatoms. The SMILES string of the molecule is COc1ccc(S(=O)(=O)N(C)CC(=O)NCc2nc(-c3ccccc3C)no2)cc1. The van der Waals surface area contributed by atoms with Crippen molar-refractivity contribution >= 4 is 15.9 Å². The lowest BCUT2D eigenvalue weighted by Crippen LogP contribution is -2.38. The summed E-state index contributed by atoms with van der Waals surface area (Å²) in [7, 11) is -0.984. The monoisotopic (exact) mass is 430 g/mol. The number of ether oxygens (including phenoxy) is 1. The lowest BCUT2D eigenvalue weighted by molar-refractivity contribution is -0.121. The van der Waals surface area contributed by atoms with Crippen LogP contribution in [0.1, 0.15) is 11.5 Å². The van der Waals surface area contributed by atoms with E-state index >= 15 is 0 Å². The fraction of sp³-hybridized carbons (Fsp3) is 0.250. The highest BCUT2D eigenvalue weighted by Gasteiger charge is 2.23. The van der Waals surface area contributed by atoms with Crippen molar-refractivity contribution < 1.29 is 22.5 Å². The van der Waals surface area contributed by atoms with Crippen LogP contribution < -0.4 is 10.1 Å². The molecule has 30 heavy (non-hydrogen) atoms. The number of hydrogen-bond acceptors (Lipinski definition) is 7. The van der Waals surface area contributed by atoms with Crippen molar-refractivity contribution in [3.63, 3.8) is 0 Å². The van der Waals surface area contributed by atoms with Crippen molar-refractivity contribution in [1.82, 2.24) is 19.8 Å². The highest BCUT2D eigenvalue weighted by Crippen LogP contribution is 2.20. The zero-order valence-electron chi connectivity index (χ0n) is 16.8. The molecule has 0 bridgehead atoms. The van der Waals surface area contributed by atoms with E-state index in [1.807, 2.05) is 31.2 Å². The molecule has 0 aliphatic carbocycles. The minimum Gasteiger partial charge on any atom is -0.497 e. The molecule has 0 fully saturated rings. The molecule has 0 unspecified atom stereocenters. The van der Waals surface area contributed by atoms with Gasteiger partial charge in [0.15, 0.2) is 0 Å². The van der Waals surface area contributed by atoms with E-state index in [1.165, 1.54) is 26.3 Å². The van der Waals surface area contributed by atoms with Gasteiger partial charge in [0.05, 0.1) is 25.1 Å². The number of nitrogens with zero attached hydrogens (tertiary/aromatic N) is 3. The molecule has 1 aromatic heterocycles. The lowest BCUT2D eigenvalue weighted by atomic mass is 10.1. The smallest absolute Gasteiger partial charge is 0.246 e. The van der Waals surface area contributed by atoms with Crippen LogP contribution in [-0.2, 0) is 21.4 Å². The molecule has 0 radical (unpaired) electrons. The first kappa shape index (κ1) is 21.5. The van der Waals surface area contributed by atoms with Crippen LogP contribution in [0.25, 0.3) is 11.4 Å². The number of nitrogens with one attached hydrogen (secondary N) is 1. The summed E-state index contributed by atoms with van der Waals surface area (Å²) in [6.45, 7) is 1.58. The number of amides is 1. The number of rotatable bonds is 8. The van der Waals surface area contributed by atoms with E-state index < -0.39 is 15.9 Å². The molecular formula is C20H22N4O5S. The third-order valence-corrected chi connectivity index (χ3v) is 6.24. The quantitative estimate of drug-likeness (QED) is 0.581. The van der Waals surface area contributed by atoms with Crippen LogP contribution in [0.3, 0.4) is 0 Å². The van der Waals surface area contributed by atoms with Crippen molar-refractivity contribution in [1.29, 1.82) is 0 Å². The molecule has 0 saturated carbocycles. The van der Waals surface area contributed by atoms with Gasteiger partial charge in [-0.1, -0.05) is 29.4 Å². The van der Waals surface area contributed by atoms with Crippen LogP contribution in [0.5, 0.6) is 5.75 Å². The molecule has 3 aromatic rings. The molecule has 9 nitrogen and oxygen atoms in total. The number of likely N-dealkylation sites (N-methyl/N-ethyl adjacent to an activating group) is 1. The van der Waals surface area contributed by atoms with Gasteiger partial charge in [-0.25, -0.2) is 8.42 Å². The molecule has 2 aromatic carbocycles. The van der Waals surface area contributed by atoms with E-state index in [-0.39, 0.29) is 23.9 Å². The molecular weight excluding hydrogens is 408 g/mol. The molecule has 1 heterocycles. The third-order valence-electron chi connectivity index (χ3n) is 4.42. The number of aryl methyl sites for hydroxylation is 1. The summed E-state index contributed by atoms with van der Waals surface area (Å²) >= 11 is 0. The fourth-order valence-corrected chi connectivity index (χ4v) is 3.83. The van der Waals surface area contributed by atoms with Gasteiger partial charge in [-0.2, -0.15) is 9.29 Å². The van der Waals surface area contributed by atoms with Gasteiger partial charge in [-0.15, -0.1) is 0 Å². The molecule has 158 valence electrons. The molecule has 1 N–H and O–H groups in total. The van der Waals surface area contributed by atoms with E-state index in [9.17, 15) is 13.2 Å². The maximum atomic E-state index is 12.6. The predicted octanol–water partition coefficient (Wildman–Crippen LogP) is 1.99. The summed E-state index contributed by atoms with van der Waals surface area (Å²) in [4.78, 5) is 16.5. The third kappa shape index (κ3) is 4.84. The number of benzene rings is 2. The van der Waals surface area contributed by atoms with Gasteiger partial charge in [0.1, 0.15) is 5.75 Å². The van der Waals surface area contributed by atoms with Gasteiger partial charge in [0.2, 0.25) is 27.6 Å². The Morgan fingerprint density at radius 2 is 1.87 bits per heavy atom. The molecule has 0 aliphatic rings. The maximum absolute atomic E-state index is 12.6. The Kier molecular flexibility index (Phi) is 6.48. The first-order chi connectivity index (χ1) is 14.3. The Hall–Kier alpha value is -3.24. The van der Waals surface area contributed by atoms with Gasteiger partial charge in [0.25, 0.3) is 0 Å². The first-order valence-corrected chi connectivity index (χ1v) is 10.5. The molecule has 0 aliphatic heterocycles. The largest absolute Gasteiger partial charge is 0.497 e. The summed E-state index contributed by atoms with van der Waals surface area (Å²) in [5, 5.41) is 6.52. The van der Waals surface area contributed by atoms with Crippen LogP contribution in [0, 0.1) is 6.92 Å². The summed E-state index contributed by atoms with van der Waals surface area (Å²) in [5.41, 5.74) is 1.84. The lowest BCUT2D eigenvalue weighted by Gasteiger charge is -2.16. The Labute approximate surface area is 174 Å². The first-order valence-electron chi connectivity index (χ1n) is 9.07. The van der Waals surface area contributed by atoms with Crippen LogP contribution in [0.4, 0.5) is 0 Å². The topological polar surface area (TPSA) is 115 Å². The molecule has 1 amide bonds. The molecule has 3 rings (SSSR count). The number of methoxy groups -OCH3 is 1. The number of hydrogen-bond donors (Lipinski definition) is 1. The van der Waals surface area contributed by atoms with Gasteiger partial charge in [-0.05, 0) is 36.8 Å². The van der Waals surface area contributed by atoms with E-state index in [0.29, 0.717) is 11.6 Å². The summed E-state index contributed by atoms with van der Waals surface area (Å²) in [5.74, 6) is 0.697. The fourth-order valence-electron chi connectivity index (χ4n) is 2.70. The van der Waals surface area contributed by atoms with E-state index in [0.717, 1.165) is 15.4 Å².